The Morgan fingerprint density at radius 1 is 1.08 bits per heavy atom. The van der Waals surface area contributed by atoms with Crippen LogP contribution < -0.4 is 5.32 Å². The van der Waals surface area contributed by atoms with Gasteiger partial charge in [0, 0.05) is 12.2 Å². The minimum Gasteiger partial charge on any atom is -0.480 e. The third-order valence-electron chi connectivity index (χ3n) is 4.30. The van der Waals surface area contributed by atoms with E-state index in [1.54, 1.807) is 0 Å². The number of hydrogen-bond acceptors (Lipinski definition) is 2. The average molecular weight is 324 g/mol. The molecule has 5 nitrogen and oxygen atoms in total. The van der Waals surface area contributed by atoms with Crippen LogP contribution in [-0.4, -0.2) is 34.6 Å². The van der Waals surface area contributed by atoms with Gasteiger partial charge in [0.2, 0.25) is 0 Å². The molecule has 1 aliphatic rings. The molecular weight excluding hydrogens is 304 g/mol. The highest BCUT2D eigenvalue weighted by Crippen LogP contribution is 2.22. The Hall–Kier alpha value is -2.82. The van der Waals surface area contributed by atoms with E-state index in [-0.39, 0.29) is 6.03 Å². The second-order valence-corrected chi connectivity index (χ2v) is 5.94. The Balaban J connectivity index is 1.75. The fraction of sp³-hybridized carbons (Fsp3) is 0.263. The van der Waals surface area contributed by atoms with E-state index in [0.717, 1.165) is 23.2 Å². The van der Waals surface area contributed by atoms with Crippen LogP contribution in [0.5, 0.6) is 0 Å². The Morgan fingerprint density at radius 2 is 1.79 bits per heavy atom. The molecule has 0 saturated carbocycles. The standard InChI is InChI=1S/C19H20N2O3/c22-18(23)17-11-6-12-21(17)19(24)20-16-10-5-4-9-15(16)13-14-7-2-1-3-8-14/h1-5,7-10,17H,6,11-13H2,(H,20,24)(H,22,23). The molecule has 1 atom stereocenters. The summed E-state index contributed by atoms with van der Waals surface area (Å²) in [6.07, 6.45) is 1.93. The third kappa shape index (κ3) is 3.56. The zero-order valence-electron chi connectivity index (χ0n) is 13.3. The van der Waals surface area contributed by atoms with Gasteiger partial charge in [0.1, 0.15) is 6.04 Å². The Labute approximate surface area is 140 Å². The summed E-state index contributed by atoms with van der Waals surface area (Å²) in [6, 6.07) is 16.6. The second-order valence-electron chi connectivity index (χ2n) is 5.94. The molecular formula is C19H20N2O3. The van der Waals surface area contributed by atoms with Crippen LogP contribution in [0, 0.1) is 0 Å². The number of anilines is 1. The smallest absolute Gasteiger partial charge is 0.326 e. The lowest BCUT2D eigenvalue weighted by Crippen LogP contribution is -2.42. The number of para-hydroxylation sites is 1. The number of urea groups is 1. The molecule has 0 radical (unpaired) electrons. The van der Waals surface area contributed by atoms with Crippen molar-refractivity contribution in [2.75, 3.05) is 11.9 Å². The van der Waals surface area contributed by atoms with Gasteiger partial charge in [-0.3, -0.25) is 0 Å². The minimum absolute atomic E-state index is 0.347. The number of amides is 2. The van der Waals surface area contributed by atoms with Crippen molar-refractivity contribution in [3.63, 3.8) is 0 Å². The fourth-order valence-electron chi connectivity index (χ4n) is 3.07. The Kier molecular flexibility index (Phi) is 4.79. The lowest BCUT2D eigenvalue weighted by molar-refractivity contribution is -0.141. The highest BCUT2D eigenvalue weighted by molar-refractivity contribution is 5.93. The SMILES string of the molecule is O=C(O)C1CCCN1C(=O)Nc1ccccc1Cc1ccccc1. The number of nitrogens with zero attached hydrogens (tertiary/aromatic N) is 1. The van der Waals surface area contributed by atoms with Gasteiger partial charge in [0.25, 0.3) is 0 Å². The number of rotatable bonds is 4. The van der Waals surface area contributed by atoms with E-state index in [1.165, 1.54) is 4.90 Å². The summed E-state index contributed by atoms with van der Waals surface area (Å²) in [7, 11) is 0. The van der Waals surface area contributed by atoms with Crippen LogP contribution in [0.4, 0.5) is 10.5 Å². The molecule has 1 unspecified atom stereocenters. The number of hydrogen-bond donors (Lipinski definition) is 2. The number of benzene rings is 2. The van der Waals surface area contributed by atoms with Crippen LogP contribution in [0.3, 0.4) is 0 Å². The molecule has 0 aliphatic carbocycles. The molecule has 2 N–H and O–H groups in total. The third-order valence-corrected chi connectivity index (χ3v) is 4.30. The summed E-state index contributed by atoms with van der Waals surface area (Å²) in [5, 5.41) is 12.1. The van der Waals surface area contributed by atoms with Crippen molar-refractivity contribution < 1.29 is 14.7 Å². The van der Waals surface area contributed by atoms with Crippen molar-refractivity contribution in [3.8, 4) is 0 Å². The lowest BCUT2D eigenvalue weighted by Gasteiger charge is -2.22. The molecule has 2 aromatic rings. The zero-order valence-corrected chi connectivity index (χ0v) is 13.3. The van der Waals surface area contributed by atoms with E-state index in [0.29, 0.717) is 19.4 Å². The van der Waals surface area contributed by atoms with Gasteiger partial charge >= 0.3 is 12.0 Å². The van der Waals surface area contributed by atoms with Crippen molar-refractivity contribution in [1.82, 2.24) is 4.90 Å². The monoisotopic (exact) mass is 324 g/mol. The first-order chi connectivity index (χ1) is 11.6. The van der Waals surface area contributed by atoms with Gasteiger partial charge in [-0.2, -0.15) is 0 Å². The largest absolute Gasteiger partial charge is 0.480 e. The number of carbonyl (C=O) groups excluding carboxylic acids is 1. The fourth-order valence-corrected chi connectivity index (χ4v) is 3.07. The second kappa shape index (κ2) is 7.17. The van der Waals surface area contributed by atoms with Crippen molar-refractivity contribution in [1.29, 1.82) is 0 Å². The van der Waals surface area contributed by atoms with Crippen molar-refractivity contribution in [3.05, 3.63) is 65.7 Å². The summed E-state index contributed by atoms with van der Waals surface area (Å²) >= 11 is 0. The minimum atomic E-state index is -0.944. The molecule has 0 spiro atoms. The zero-order chi connectivity index (χ0) is 16.9. The van der Waals surface area contributed by atoms with Crippen LogP contribution in [0.1, 0.15) is 24.0 Å². The number of nitrogens with one attached hydrogen (secondary N) is 1. The topological polar surface area (TPSA) is 69.6 Å². The average Bonchev–Trinajstić information content (AvgIpc) is 3.08. The molecule has 24 heavy (non-hydrogen) atoms. The highest BCUT2D eigenvalue weighted by atomic mass is 16.4. The van der Waals surface area contributed by atoms with E-state index in [1.807, 2.05) is 54.6 Å². The molecule has 3 rings (SSSR count). The first-order valence-corrected chi connectivity index (χ1v) is 8.07. The molecule has 0 aromatic heterocycles. The summed E-state index contributed by atoms with van der Waals surface area (Å²) in [5.74, 6) is -0.944. The Bertz CT molecular complexity index is 730. The van der Waals surface area contributed by atoms with Gasteiger partial charge in [0.05, 0.1) is 0 Å². The molecule has 124 valence electrons. The van der Waals surface area contributed by atoms with Gasteiger partial charge in [-0.15, -0.1) is 0 Å². The first-order valence-electron chi connectivity index (χ1n) is 8.07. The molecule has 1 aliphatic heterocycles. The maximum Gasteiger partial charge on any atom is 0.326 e. The van der Waals surface area contributed by atoms with Crippen LogP contribution >= 0.6 is 0 Å². The predicted octanol–water partition coefficient (Wildman–Crippen LogP) is 3.36. The van der Waals surface area contributed by atoms with E-state index in [2.05, 4.69) is 5.32 Å². The highest BCUT2D eigenvalue weighted by Gasteiger charge is 2.34. The number of carboxylic acid groups (broad SMARTS) is 1. The summed E-state index contributed by atoms with van der Waals surface area (Å²) in [6.45, 7) is 0.476. The maximum atomic E-state index is 12.5. The van der Waals surface area contributed by atoms with Crippen LogP contribution in [0.2, 0.25) is 0 Å². The molecule has 1 fully saturated rings. The quantitative estimate of drug-likeness (QED) is 0.906. The lowest BCUT2D eigenvalue weighted by atomic mass is 10.0. The number of carboxylic acids is 1. The van der Waals surface area contributed by atoms with Crippen molar-refractivity contribution >= 4 is 17.7 Å². The van der Waals surface area contributed by atoms with Crippen LogP contribution in [0.25, 0.3) is 0 Å². The normalized spacial score (nSPS) is 16.8. The number of aliphatic carboxylic acids is 1. The van der Waals surface area contributed by atoms with Crippen molar-refractivity contribution in [2.45, 2.75) is 25.3 Å². The van der Waals surface area contributed by atoms with E-state index >= 15 is 0 Å². The predicted molar refractivity (Wildman–Crippen MR) is 92.1 cm³/mol. The molecule has 5 heteroatoms. The van der Waals surface area contributed by atoms with Crippen LogP contribution in [-0.2, 0) is 11.2 Å². The van der Waals surface area contributed by atoms with Gasteiger partial charge < -0.3 is 15.3 Å². The molecule has 2 aromatic carbocycles. The van der Waals surface area contributed by atoms with E-state index in [9.17, 15) is 14.7 Å². The van der Waals surface area contributed by atoms with Gasteiger partial charge in [-0.1, -0.05) is 48.5 Å². The molecule has 0 bridgehead atoms. The van der Waals surface area contributed by atoms with Gasteiger partial charge in [0.15, 0.2) is 0 Å². The van der Waals surface area contributed by atoms with Crippen LogP contribution in [0.15, 0.2) is 54.6 Å². The maximum absolute atomic E-state index is 12.5. The van der Waals surface area contributed by atoms with E-state index < -0.39 is 12.0 Å². The van der Waals surface area contributed by atoms with Gasteiger partial charge in [-0.25, -0.2) is 9.59 Å². The van der Waals surface area contributed by atoms with Gasteiger partial charge in [-0.05, 0) is 36.5 Å². The summed E-state index contributed by atoms with van der Waals surface area (Å²) in [4.78, 5) is 25.1. The molecule has 2 amide bonds. The Morgan fingerprint density at radius 3 is 2.54 bits per heavy atom. The van der Waals surface area contributed by atoms with Crippen molar-refractivity contribution in [2.24, 2.45) is 0 Å². The molecule has 1 saturated heterocycles. The van der Waals surface area contributed by atoms with E-state index in [4.69, 9.17) is 0 Å². The summed E-state index contributed by atoms with van der Waals surface area (Å²) in [5.41, 5.74) is 2.88. The number of likely N-dealkylation sites (tertiary alicyclic amines) is 1. The number of carbonyl (C=O) groups is 2. The summed E-state index contributed by atoms with van der Waals surface area (Å²) < 4.78 is 0. The first kappa shape index (κ1) is 16.1. The molecule has 1 heterocycles.